The average Bonchev–Trinajstić information content (AvgIpc) is 2.53. The Morgan fingerprint density at radius 2 is 2.43 bits per heavy atom. The Morgan fingerprint density at radius 3 is 3.05 bits per heavy atom. The number of hydrogen-bond donors (Lipinski definition) is 3. The second-order valence-corrected chi connectivity index (χ2v) is 4.38. The van der Waals surface area contributed by atoms with Crippen molar-refractivity contribution < 1.29 is 20.0 Å². The van der Waals surface area contributed by atoms with E-state index in [0.717, 1.165) is 0 Å². The number of pyridine rings is 1. The van der Waals surface area contributed by atoms with Gasteiger partial charge in [0.15, 0.2) is 11.5 Å². The monoisotopic (exact) mass is 297 g/mol. The first-order chi connectivity index (χ1) is 10.1. The Labute approximate surface area is 119 Å². The zero-order chi connectivity index (χ0) is 15.4. The van der Waals surface area contributed by atoms with Crippen molar-refractivity contribution in [3.63, 3.8) is 0 Å². The van der Waals surface area contributed by atoms with Crippen molar-refractivity contribution in [2.24, 2.45) is 10.9 Å². The molecule has 1 saturated heterocycles. The van der Waals surface area contributed by atoms with Crippen LogP contribution < -0.4 is 10.6 Å². The van der Waals surface area contributed by atoms with Crippen LogP contribution in [-0.4, -0.2) is 58.5 Å². The molecule has 0 amide bonds. The summed E-state index contributed by atoms with van der Waals surface area (Å²) in [5.74, 6) is -0.0538. The number of hydrogen-bond acceptors (Lipinski definition) is 8. The van der Waals surface area contributed by atoms with Crippen LogP contribution in [0.5, 0.6) is 0 Å². The van der Waals surface area contributed by atoms with Gasteiger partial charge in [0.2, 0.25) is 0 Å². The van der Waals surface area contributed by atoms with Crippen LogP contribution in [0.2, 0.25) is 0 Å². The summed E-state index contributed by atoms with van der Waals surface area (Å²) in [4.78, 5) is 16.1. The maximum absolute atomic E-state index is 10.9. The Balaban J connectivity index is 2.43. The molecule has 114 valence electrons. The molecular formula is C11H15N5O5. The average molecular weight is 297 g/mol. The molecule has 1 aliphatic heterocycles. The fourth-order valence-electron chi connectivity index (χ4n) is 2.09. The van der Waals surface area contributed by atoms with Gasteiger partial charge in [0.25, 0.3) is 5.69 Å². The lowest BCUT2D eigenvalue weighted by Crippen LogP contribution is -2.48. The number of anilines is 1. The molecule has 1 aliphatic rings. The van der Waals surface area contributed by atoms with Crippen LogP contribution in [0.3, 0.4) is 0 Å². The van der Waals surface area contributed by atoms with Gasteiger partial charge in [-0.2, -0.15) is 0 Å². The molecule has 10 nitrogen and oxygen atoms in total. The number of aliphatic hydroxyl groups is 1. The van der Waals surface area contributed by atoms with Crippen molar-refractivity contribution in [2.45, 2.75) is 6.04 Å². The molecule has 1 fully saturated rings. The van der Waals surface area contributed by atoms with E-state index in [-0.39, 0.29) is 24.0 Å². The summed E-state index contributed by atoms with van der Waals surface area (Å²) in [6.45, 7) is 1.12. The second-order valence-electron chi connectivity index (χ2n) is 4.38. The quantitative estimate of drug-likeness (QED) is 0.217. The topological polar surface area (TPSA) is 147 Å². The van der Waals surface area contributed by atoms with E-state index in [1.807, 2.05) is 0 Å². The second kappa shape index (κ2) is 6.33. The predicted octanol–water partition coefficient (Wildman–Crippen LogP) is -0.718. The Kier molecular flexibility index (Phi) is 4.50. The summed E-state index contributed by atoms with van der Waals surface area (Å²) in [5, 5.41) is 31.8. The Bertz CT molecular complexity index is 564. The lowest BCUT2D eigenvalue weighted by molar-refractivity contribution is -0.385. The molecule has 0 aromatic carbocycles. The van der Waals surface area contributed by atoms with Gasteiger partial charge >= 0.3 is 0 Å². The van der Waals surface area contributed by atoms with Crippen molar-refractivity contribution in [3.8, 4) is 0 Å². The molecule has 0 radical (unpaired) electrons. The van der Waals surface area contributed by atoms with Crippen LogP contribution in [0.15, 0.2) is 17.3 Å². The van der Waals surface area contributed by atoms with Crippen LogP contribution in [0, 0.1) is 10.1 Å². The number of aromatic nitrogens is 1. The summed E-state index contributed by atoms with van der Waals surface area (Å²) in [5.41, 5.74) is 4.86. The van der Waals surface area contributed by atoms with Crippen LogP contribution in [-0.2, 0) is 4.74 Å². The lowest BCUT2D eigenvalue weighted by atomic mass is 10.2. The molecule has 1 aromatic rings. The number of nitrogens with zero attached hydrogens (tertiary/aromatic N) is 4. The summed E-state index contributed by atoms with van der Waals surface area (Å²) in [6, 6.07) is 2.40. The van der Waals surface area contributed by atoms with Crippen molar-refractivity contribution in [2.75, 3.05) is 31.3 Å². The maximum Gasteiger partial charge on any atom is 0.298 e. The molecule has 4 N–H and O–H groups in total. The van der Waals surface area contributed by atoms with Gasteiger partial charge in [-0.3, -0.25) is 10.1 Å². The van der Waals surface area contributed by atoms with Crippen LogP contribution in [0.1, 0.15) is 5.69 Å². The molecule has 1 aromatic heterocycles. The van der Waals surface area contributed by atoms with E-state index in [4.69, 9.17) is 15.7 Å². The van der Waals surface area contributed by atoms with Gasteiger partial charge < -0.3 is 25.7 Å². The van der Waals surface area contributed by atoms with E-state index in [0.29, 0.717) is 25.6 Å². The van der Waals surface area contributed by atoms with Gasteiger partial charge in [-0.1, -0.05) is 5.16 Å². The van der Waals surface area contributed by atoms with Crippen molar-refractivity contribution >= 4 is 17.3 Å². The van der Waals surface area contributed by atoms with E-state index in [1.54, 1.807) is 4.90 Å². The lowest BCUT2D eigenvalue weighted by Gasteiger charge is -2.35. The van der Waals surface area contributed by atoms with Gasteiger partial charge in [0, 0.05) is 12.6 Å². The first kappa shape index (κ1) is 14.9. The number of ether oxygens (including phenoxy) is 1. The molecular weight excluding hydrogens is 282 g/mol. The molecule has 21 heavy (non-hydrogen) atoms. The van der Waals surface area contributed by atoms with E-state index in [1.165, 1.54) is 12.1 Å². The normalized spacial score (nSPS) is 19.6. The molecule has 10 heteroatoms. The standard InChI is InChI=1S/C11H15N5O5/c12-11(14-18)10-8(16(19)20)1-2-9(13-10)15-3-4-21-6-7(15)5-17/h1-2,7,17-18H,3-6H2,(H2,12,14). The number of aliphatic hydroxyl groups excluding tert-OH is 1. The minimum atomic E-state index is -0.660. The fourth-order valence-corrected chi connectivity index (χ4v) is 2.09. The molecule has 0 saturated carbocycles. The molecule has 1 atom stereocenters. The summed E-state index contributed by atoms with van der Waals surface area (Å²) in [6.07, 6.45) is 0. The van der Waals surface area contributed by atoms with Gasteiger partial charge in [-0.05, 0) is 6.07 Å². The van der Waals surface area contributed by atoms with Crippen LogP contribution in [0.4, 0.5) is 11.5 Å². The third-order valence-electron chi connectivity index (χ3n) is 3.14. The smallest absolute Gasteiger partial charge is 0.298 e. The highest BCUT2D eigenvalue weighted by Crippen LogP contribution is 2.23. The number of nitro groups is 1. The molecule has 0 spiro atoms. The van der Waals surface area contributed by atoms with Crippen LogP contribution >= 0.6 is 0 Å². The van der Waals surface area contributed by atoms with Crippen molar-refractivity contribution in [1.29, 1.82) is 0 Å². The molecule has 0 aliphatic carbocycles. The molecule has 2 rings (SSSR count). The zero-order valence-electron chi connectivity index (χ0n) is 11.0. The first-order valence-electron chi connectivity index (χ1n) is 6.17. The fraction of sp³-hybridized carbons (Fsp3) is 0.455. The number of oxime groups is 1. The highest BCUT2D eigenvalue weighted by molar-refractivity contribution is 5.99. The van der Waals surface area contributed by atoms with E-state index in [9.17, 15) is 15.2 Å². The molecule has 2 heterocycles. The van der Waals surface area contributed by atoms with Crippen molar-refractivity contribution in [3.05, 3.63) is 27.9 Å². The van der Waals surface area contributed by atoms with Gasteiger partial charge in [-0.25, -0.2) is 4.98 Å². The number of amidine groups is 1. The first-order valence-corrected chi connectivity index (χ1v) is 6.17. The number of nitrogens with two attached hydrogens (primary N) is 1. The number of morpholine rings is 1. The largest absolute Gasteiger partial charge is 0.409 e. The zero-order valence-corrected chi connectivity index (χ0v) is 11.0. The Hall–Kier alpha value is -2.46. The highest BCUT2D eigenvalue weighted by atomic mass is 16.6. The van der Waals surface area contributed by atoms with E-state index >= 15 is 0 Å². The van der Waals surface area contributed by atoms with Gasteiger partial charge in [-0.15, -0.1) is 0 Å². The number of rotatable bonds is 4. The SMILES string of the molecule is N/C(=N/O)c1nc(N2CCOCC2CO)ccc1[N+](=O)[O-]. The van der Waals surface area contributed by atoms with E-state index in [2.05, 4.69) is 10.1 Å². The summed E-state index contributed by atoms with van der Waals surface area (Å²) in [7, 11) is 0. The summed E-state index contributed by atoms with van der Waals surface area (Å²) >= 11 is 0. The highest BCUT2D eigenvalue weighted by Gasteiger charge is 2.26. The van der Waals surface area contributed by atoms with E-state index < -0.39 is 10.8 Å². The minimum Gasteiger partial charge on any atom is -0.409 e. The van der Waals surface area contributed by atoms with Gasteiger partial charge in [0.05, 0.1) is 30.8 Å². The predicted molar refractivity (Wildman–Crippen MR) is 72.4 cm³/mol. The Morgan fingerprint density at radius 1 is 1.67 bits per heavy atom. The molecule has 0 bridgehead atoms. The third kappa shape index (κ3) is 3.01. The van der Waals surface area contributed by atoms with Gasteiger partial charge in [0.1, 0.15) is 5.82 Å². The summed E-state index contributed by atoms with van der Waals surface area (Å²) < 4.78 is 5.26. The minimum absolute atomic E-state index is 0.141. The maximum atomic E-state index is 10.9. The van der Waals surface area contributed by atoms with Crippen LogP contribution in [0.25, 0.3) is 0 Å². The molecule has 1 unspecified atom stereocenters. The van der Waals surface area contributed by atoms with Crippen molar-refractivity contribution in [1.82, 2.24) is 4.98 Å². The third-order valence-corrected chi connectivity index (χ3v) is 3.14.